The van der Waals surface area contributed by atoms with Gasteiger partial charge in [0, 0.05) is 19.2 Å². The van der Waals surface area contributed by atoms with Crippen molar-refractivity contribution in [3.63, 3.8) is 0 Å². The van der Waals surface area contributed by atoms with E-state index in [0.717, 1.165) is 5.56 Å². The minimum Gasteiger partial charge on any atom is -0.419 e. The molecule has 0 saturated carbocycles. The highest BCUT2D eigenvalue weighted by Gasteiger charge is 2.16. The molecule has 1 aromatic carbocycles. The minimum atomic E-state index is 0.0970. The second kappa shape index (κ2) is 6.63. The van der Waals surface area contributed by atoms with E-state index >= 15 is 0 Å². The van der Waals surface area contributed by atoms with Crippen LogP contribution in [0.15, 0.2) is 28.7 Å². The molecule has 116 valence electrons. The van der Waals surface area contributed by atoms with E-state index < -0.39 is 0 Å². The first kappa shape index (κ1) is 16.1. The van der Waals surface area contributed by atoms with E-state index in [2.05, 4.69) is 43.2 Å². The molecule has 0 radical (unpaired) electrons. The zero-order chi connectivity index (χ0) is 16.2. The van der Waals surface area contributed by atoms with E-state index in [1.165, 1.54) is 5.56 Å². The van der Waals surface area contributed by atoms with Crippen molar-refractivity contribution < 1.29 is 9.15 Å². The number of hydrogen-bond acceptors (Lipinski definition) is 5. The molecule has 0 spiro atoms. The van der Waals surface area contributed by atoms with E-state index in [1.54, 1.807) is 7.11 Å². The fraction of sp³-hybridized carbons (Fsp3) is 0.412. The molecule has 0 amide bonds. The van der Waals surface area contributed by atoms with E-state index in [1.807, 2.05) is 18.2 Å². The van der Waals surface area contributed by atoms with Crippen molar-refractivity contribution in [1.82, 2.24) is 4.98 Å². The monoisotopic (exact) mass is 299 g/mol. The van der Waals surface area contributed by atoms with E-state index in [9.17, 15) is 0 Å². The number of hydrogen-bond donors (Lipinski definition) is 1. The summed E-state index contributed by atoms with van der Waals surface area (Å²) < 4.78 is 10.6. The van der Waals surface area contributed by atoms with Crippen LogP contribution in [0.1, 0.15) is 32.0 Å². The number of nitrogens with one attached hydrogen (secondary N) is 1. The molecule has 1 N–H and O–H groups in total. The van der Waals surface area contributed by atoms with Crippen LogP contribution in [0.4, 0.5) is 5.88 Å². The van der Waals surface area contributed by atoms with Gasteiger partial charge in [-0.3, -0.25) is 0 Å². The van der Waals surface area contributed by atoms with Gasteiger partial charge in [0.1, 0.15) is 6.07 Å². The van der Waals surface area contributed by atoms with Crippen LogP contribution in [0.2, 0.25) is 0 Å². The Balaban J connectivity index is 2.24. The van der Waals surface area contributed by atoms with Gasteiger partial charge in [0.2, 0.25) is 17.5 Å². The van der Waals surface area contributed by atoms with Crippen molar-refractivity contribution in [3.8, 4) is 17.5 Å². The van der Waals surface area contributed by atoms with Crippen molar-refractivity contribution >= 4 is 5.88 Å². The molecule has 5 nitrogen and oxygen atoms in total. The molecule has 0 saturated heterocycles. The van der Waals surface area contributed by atoms with E-state index in [-0.39, 0.29) is 11.1 Å². The highest BCUT2D eigenvalue weighted by Crippen LogP contribution is 2.28. The summed E-state index contributed by atoms with van der Waals surface area (Å²) in [5, 5.41) is 12.2. The largest absolute Gasteiger partial charge is 0.419 e. The number of rotatable bonds is 5. The molecular formula is C17H21N3O2. The third-order valence-electron chi connectivity index (χ3n) is 3.32. The van der Waals surface area contributed by atoms with Crippen LogP contribution in [-0.4, -0.2) is 25.2 Å². The Bertz CT molecular complexity index is 661. The predicted molar refractivity (Wildman–Crippen MR) is 85.7 cm³/mol. The lowest BCUT2D eigenvalue weighted by atomic mass is 9.87. The number of benzene rings is 1. The van der Waals surface area contributed by atoms with Crippen molar-refractivity contribution in [1.29, 1.82) is 5.26 Å². The van der Waals surface area contributed by atoms with Gasteiger partial charge in [0.25, 0.3) is 0 Å². The van der Waals surface area contributed by atoms with Crippen molar-refractivity contribution in [2.75, 3.05) is 25.6 Å². The Kier molecular flexibility index (Phi) is 4.84. The first-order valence-corrected chi connectivity index (χ1v) is 7.20. The molecule has 22 heavy (non-hydrogen) atoms. The Morgan fingerprint density at radius 3 is 2.50 bits per heavy atom. The van der Waals surface area contributed by atoms with Crippen molar-refractivity contribution in [3.05, 3.63) is 35.5 Å². The molecule has 2 aromatic rings. The smallest absolute Gasteiger partial charge is 0.232 e. The van der Waals surface area contributed by atoms with Crippen LogP contribution in [0.5, 0.6) is 0 Å². The Labute approximate surface area is 130 Å². The highest BCUT2D eigenvalue weighted by molar-refractivity contribution is 5.59. The molecule has 0 unspecified atom stereocenters. The highest BCUT2D eigenvalue weighted by atomic mass is 16.5. The van der Waals surface area contributed by atoms with Gasteiger partial charge < -0.3 is 14.5 Å². The number of methoxy groups -OCH3 is 1. The van der Waals surface area contributed by atoms with E-state index in [4.69, 9.17) is 14.4 Å². The molecule has 2 rings (SSSR count). The van der Waals surface area contributed by atoms with Crippen LogP contribution >= 0.6 is 0 Å². The predicted octanol–water partition coefficient (Wildman–Crippen LogP) is 3.57. The average molecular weight is 299 g/mol. The molecule has 0 atom stereocenters. The zero-order valence-corrected chi connectivity index (χ0v) is 13.4. The lowest BCUT2D eigenvalue weighted by molar-refractivity contribution is 0.210. The molecule has 0 aliphatic carbocycles. The number of oxazole rings is 1. The summed E-state index contributed by atoms with van der Waals surface area (Å²) in [6.07, 6.45) is 0. The average Bonchev–Trinajstić information content (AvgIpc) is 2.90. The summed E-state index contributed by atoms with van der Waals surface area (Å²) in [7, 11) is 1.62. The van der Waals surface area contributed by atoms with Crippen molar-refractivity contribution in [2.45, 2.75) is 26.2 Å². The van der Waals surface area contributed by atoms with E-state index in [0.29, 0.717) is 24.9 Å². The van der Waals surface area contributed by atoms with Gasteiger partial charge in [-0.1, -0.05) is 32.9 Å². The molecule has 1 aromatic heterocycles. The molecule has 0 bridgehead atoms. The molecule has 0 aliphatic rings. The van der Waals surface area contributed by atoms with Crippen molar-refractivity contribution in [2.24, 2.45) is 0 Å². The second-order valence-electron chi connectivity index (χ2n) is 6.06. The minimum absolute atomic E-state index is 0.0970. The number of aromatic nitrogens is 1. The normalized spacial score (nSPS) is 11.2. The first-order chi connectivity index (χ1) is 10.5. The maximum absolute atomic E-state index is 9.14. The van der Waals surface area contributed by atoms with Gasteiger partial charge >= 0.3 is 0 Å². The molecule has 5 heteroatoms. The number of nitrogens with zero attached hydrogens (tertiary/aromatic N) is 2. The fourth-order valence-electron chi connectivity index (χ4n) is 2.02. The fourth-order valence-corrected chi connectivity index (χ4v) is 2.02. The lowest BCUT2D eigenvalue weighted by Gasteiger charge is -2.18. The van der Waals surface area contributed by atoms with Crippen LogP contribution in [0, 0.1) is 11.3 Å². The summed E-state index contributed by atoms with van der Waals surface area (Å²) >= 11 is 0. The van der Waals surface area contributed by atoms with Gasteiger partial charge in [-0.25, -0.2) is 0 Å². The summed E-state index contributed by atoms with van der Waals surface area (Å²) in [5.74, 6) is 0.825. The van der Waals surface area contributed by atoms with Gasteiger partial charge in [0.15, 0.2) is 0 Å². The maximum Gasteiger partial charge on any atom is 0.232 e. The lowest BCUT2D eigenvalue weighted by Crippen LogP contribution is -2.10. The summed E-state index contributed by atoms with van der Waals surface area (Å²) in [4.78, 5) is 4.24. The number of nitriles is 1. The quantitative estimate of drug-likeness (QED) is 0.855. The van der Waals surface area contributed by atoms with Gasteiger partial charge in [-0.05, 0) is 23.1 Å². The third kappa shape index (κ3) is 3.66. The molecule has 0 fully saturated rings. The van der Waals surface area contributed by atoms with Crippen LogP contribution in [-0.2, 0) is 10.2 Å². The standard InChI is InChI=1S/C17H21N3O2/c1-17(2,3)13-7-5-12(6-8-13)15-20-14(11-18)16(22-15)19-9-10-21-4/h5-8,19H,9-10H2,1-4H3. The SMILES string of the molecule is COCCNc1oc(-c2ccc(C(C)(C)C)cc2)nc1C#N. The molecule has 1 heterocycles. The topological polar surface area (TPSA) is 71.1 Å². The second-order valence-corrected chi connectivity index (χ2v) is 6.06. The van der Waals surface area contributed by atoms with Crippen LogP contribution < -0.4 is 5.32 Å². The summed E-state index contributed by atoms with van der Waals surface area (Å²) in [6.45, 7) is 7.58. The molecular weight excluding hydrogens is 278 g/mol. The van der Waals surface area contributed by atoms with Gasteiger partial charge in [-0.2, -0.15) is 10.2 Å². The zero-order valence-electron chi connectivity index (χ0n) is 13.4. The number of ether oxygens (including phenoxy) is 1. The number of anilines is 1. The first-order valence-electron chi connectivity index (χ1n) is 7.20. The van der Waals surface area contributed by atoms with Gasteiger partial charge in [0.05, 0.1) is 6.61 Å². The summed E-state index contributed by atoms with van der Waals surface area (Å²) in [6, 6.07) is 10.1. The maximum atomic E-state index is 9.14. The Morgan fingerprint density at radius 1 is 1.27 bits per heavy atom. The van der Waals surface area contributed by atoms with Crippen LogP contribution in [0.3, 0.4) is 0 Å². The summed E-state index contributed by atoms with van der Waals surface area (Å²) in [5.41, 5.74) is 2.44. The Hall–Kier alpha value is -2.32. The third-order valence-corrected chi connectivity index (χ3v) is 3.32. The van der Waals surface area contributed by atoms with Gasteiger partial charge in [-0.15, -0.1) is 0 Å². The van der Waals surface area contributed by atoms with Crippen LogP contribution in [0.25, 0.3) is 11.5 Å². The molecule has 0 aliphatic heterocycles. The Morgan fingerprint density at radius 2 is 1.95 bits per heavy atom.